The van der Waals surface area contributed by atoms with E-state index in [0.717, 1.165) is 6.34 Å². The van der Waals surface area contributed by atoms with E-state index in [4.69, 9.17) is 15.3 Å². The van der Waals surface area contributed by atoms with Crippen LogP contribution in [-0.4, -0.2) is 53.3 Å². The lowest BCUT2D eigenvalue weighted by atomic mass is 9.95. The first-order chi connectivity index (χ1) is 16.7. The number of carboxylic acid groups (broad SMARTS) is 1. The summed E-state index contributed by atoms with van der Waals surface area (Å²) in [7, 11) is 0. The fourth-order valence-corrected chi connectivity index (χ4v) is 2.44. The van der Waals surface area contributed by atoms with Gasteiger partial charge in [0.1, 0.15) is 13.1 Å². The molecule has 1 aromatic carbocycles. The minimum Gasteiger partial charge on any atom is -0.480 e. The topological polar surface area (TPSA) is 141 Å². The first-order valence-electron chi connectivity index (χ1n) is 11.2. The molecule has 0 radical (unpaired) electrons. The summed E-state index contributed by atoms with van der Waals surface area (Å²) in [6.07, 6.45) is 4.14. The monoisotopic (exact) mass is 498 g/mol. The maximum Gasteiger partial charge on any atom is 0.323 e. The highest BCUT2D eigenvalue weighted by atomic mass is 16.6. The van der Waals surface area contributed by atoms with Crippen LogP contribution in [0, 0.1) is 16.2 Å². The van der Waals surface area contributed by atoms with Crippen LogP contribution in [0.2, 0.25) is 0 Å². The second-order valence-electron chi connectivity index (χ2n) is 9.85. The normalized spacial score (nSPS) is 10.8. The van der Waals surface area contributed by atoms with Crippen LogP contribution in [0.5, 0.6) is 0 Å². The number of ether oxygens (including phenoxy) is 1. The lowest BCUT2D eigenvalue weighted by Crippen LogP contribution is -2.42. The van der Waals surface area contributed by atoms with Crippen LogP contribution in [0.25, 0.3) is 0 Å². The number of aromatic nitrogens is 1. The van der Waals surface area contributed by atoms with Crippen molar-refractivity contribution in [2.24, 2.45) is 10.8 Å². The van der Waals surface area contributed by atoms with Crippen molar-refractivity contribution in [3.05, 3.63) is 54.9 Å². The average molecular weight is 499 g/mol. The summed E-state index contributed by atoms with van der Waals surface area (Å²) in [5, 5.41) is 16.5. The van der Waals surface area contributed by atoms with Crippen molar-refractivity contribution in [1.29, 1.82) is 5.41 Å². The fraction of sp³-hybridized carbons (Fsp3) is 0.385. The second kappa shape index (κ2) is 13.1. The Morgan fingerprint density at radius 2 is 1.36 bits per heavy atom. The molecule has 0 saturated carbocycles. The van der Waals surface area contributed by atoms with Gasteiger partial charge in [0, 0.05) is 23.8 Å². The zero-order valence-corrected chi connectivity index (χ0v) is 21.5. The highest BCUT2D eigenvalue weighted by Gasteiger charge is 2.31. The second-order valence-corrected chi connectivity index (χ2v) is 9.85. The number of aliphatic carboxylic acids is 1. The molecule has 0 aliphatic rings. The van der Waals surface area contributed by atoms with Crippen molar-refractivity contribution in [3.8, 4) is 0 Å². The Balaban J connectivity index is 0.000000426. The molecule has 10 heteroatoms. The number of hydrogen-bond acceptors (Lipinski definition) is 7. The minimum atomic E-state index is -1.10. The average Bonchev–Trinajstić information content (AvgIpc) is 2.81. The Morgan fingerprint density at radius 3 is 1.78 bits per heavy atom. The van der Waals surface area contributed by atoms with Gasteiger partial charge in [0.15, 0.2) is 0 Å². The molecule has 1 amide bonds. The molecule has 2 N–H and O–H groups in total. The lowest BCUT2D eigenvalue weighted by molar-refractivity contribution is -0.171. The van der Waals surface area contributed by atoms with Crippen molar-refractivity contribution >= 4 is 41.5 Å². The van der Waals surface area contributed by atoms with Gasteiger partial charge in [-0.1, -0.05) is 18.2 Å². The number of pyridine rings is 1. The summed E-state index contributed by atoms with van der Waals surface area (Å²) in [5.74, 6) is -2.48. The summed E-state index contributed by atoms with van der Waals surface area (Å²) >= 11 is 0. The van der Waals surface area contributed by atoms with E-state index in [1.54, 1.807) is 96.4 Å². The van der Waals surface area contributed by atoms with Crippen LogP contribution in [0.4, 0.5) is 11.4 Å². The Kier molecular flexibility index (Phi) is 10.9. The van der Waals surface area contributed by atoms with Gasteiger partial charge in [0.25, 0.3) is 0 Å². The van der Waals surface area contributed by atoms with Crippen molar-refractivity contribution < 1.29 is 29.0 Å². The van der Waals surface area contributed by atoms with E-state index in [0.29, 0.717) is 11.4 Å². The molecule has 0 atom stereocenters. The molecule has 0 aliphatic carbocycles. The zero-order valence-electron chi connectivity index (χ0n) is 21.5. The van der Waals surface area contributed by atoms with Gasteiger partial charge in [0.05, 0.1) is 17.2 Å². The molecule has 0 unspecified atom stereocenters. The largest absolute Gasteiger partial charge is 0.480 e. The summed E-state index contributed by atoms with van der Waals surface area (Å²) in [5.41, 5.74) is -0.117. The van der Waals surface area contributed by atoms with E-state index in [-0.39, 0.29) is 6.54 Å². The molecule has 194 valence electrons. The molecule has 36 heavy (non-hydrogen) atoms. The Hall–Kier alpha value is -4.08. The van der Waals surface area contributed by atoms with E-state index in [2.05, 4.69) is 4.98 Å². The molecule has 0 aliphatic heterocycles. The number of carbonyl (C=O) groups excluding carboxylic acids is 3. The predicted molar refractivity (Wildman–Crippen MR) is 137 cm³/mol. The highest BCUT2D eigenvalue weighted by Crippen LogP contribution is 2.20. The third kappa shape index (κ3) is 10.0. The Bertz CT molecular complexity index is 1020. The van der Waals surface area contributed by atoms with Gasteiger partial charge in [-0.3, -0.25) is 34.5 Å². The number of esters is 2. The van der Waals surface area contributed by atoms with E-state index >= 15 is 0 Å². The van der Waals surface area contributed by atoms with Crippen LogP contribution in [0.15, 0.2) is 54.9 Å². The predicted octanol–water partition coefficient (Wildman–Crippen LogP) is 3.76. The third-order valence-corrected chi connectivity index (χ3v) is 4.53. The highest BCUT2D eigenvalue weighted by molar-refractivity contribution is 6.02. The summed E-state index contributed by atoms with van der Waals surface area (Å²) in [6, 6.07) is 11.9. The molecule has 0 fully saturated rings. The summed E-state index contributed by atoms with van der Waals surface area (Å²) < 4.78 is 4.70. The van der Waals surface area contributed by atoms with Crippen molar-refractivity contribution in [2.75, 3.05) is 22.9 Å². The number of rotatable bonds is 7. The molecule has 0 bridgehead atoms. The molecule has 0 spiro atoms. The number of anilines is 2. The maximum absolute atomic E-state index is 12.5. The minimum absolute atomic E-state index is 0.143. The van der Waals surface area contributed by atoms with Gasteiger partial charge < -0.3 is 14.7 Å². The van der Waals surface area contributed by atoms with Crippen LogP contribution < -0.4 is 9.80 Å². The van der Waals surface area contributed by atoms with E-state index in [9.17, 15) is 19.2 Å². The molecule has 1 aromatic heterocycles. The molecule has 10 nitrogen and oxygen atoms in total. The van der Waals surface area contributed by atoms with Crippen LogP contribution in [-0.2, 0) is 23.9 Å². The van der Waals surface area contributed by atoms with Crippen LogP contribution >= 0.6 is 0 Å². The first kappa shape index (κ1) is 30.0. The number of benzene rings is 1. The van der Waals surface area contributed by atoms with E-state index < -0.39 is 41.2 Å². The zero-order chi connectivity index (χ0) is 27.5. The lowest BCUT2D eigenvalue weighted by Gasteiger charge is -2.25. The van der Waals surface area contributed by atoms with Gasteiger partial charge >= 0.3 is 17.9 Å². The smallest absolute Gasteiger partial charge is 0.323 e. The summed E-state index contributed by atoms with van der Waals surface area (Å²) in [4.78, 5) is 52.6. The maximum atomic E-state index is 12.5. The van der Waals surface area contributed by atoms with Crippen molar-refractivity contribution in [3.63, 3.8) is 0 Å². The number of nitrogens with one attached hydrogen (secondary N) is 1. The van der Waals surface area contributed by atoms with Crippen molar-refractivity contribution in [2.45, 2.75) is 41.5 Å². The third-order valence-electron chi connectivity index (χ3n) is 4.53. The van der Waals surface area contributed by atoms with Crippen molar-refractivity contribution in [1.82, 2.24) is 4.98 Å². The Morgan fingerprint density at radius 1 is 0.861 bits per heavy atom. The van der Waals surface area contributed by atoms with Gasteiger partial charge in [-0.05, 0) is 65.8 Å². The molecular weight excluding hydrogens is 464 g/mol. The van der Waals surface area contributed by atoms with E-state index in [1.807, 2.05) is 0 Å². The fourth-order valence-electron chi connectivity index (χ4n) is 2.44. The SMILES string of the molecule is CC(C)(C)C(=O)OC(=O)C(C)(C)C.N=CN(CC(=O)N(CC(=O)O)c1ccccc1)c1ccncc1. The molecule has 2 rings (SSSR count). The molecule has 0 saturated heterocycles. The number of nitrogens with zero attached hydrogens (tertiary/aromatic N) is 3. The molecular formula is C26H34N4O6. The standard InChI is InChI=1S/C16H16N4O3.C10H18O3/c17-12-19(13-6-8-18-9-7-13)10-15(21)20(11-16(22)23)14-4-2-1-3-5-14;1-9(2,3)7(11)13-8(12)10(4,5)6/h1-9,12,17H,10-11H2,(H,22,23);1-6H3. The number of carbonyl (C=O) groups is 4. The number of carboxylic acids is 1. The first-order valence-corrected chi connectivity index (χ1v) is 11.2. The molecule has 2 aromatic rings. The summed E-state index contributed by atoms with van der Waals surface area (Å²) in [6.45, 7) is 9.70. The van der Waals surface area contributed by atoms with E-state index in [1.165, 1.54) is 9.80 Å². The van der Waals surface area contributed by atoms with Gasteiger partial charge in [-0.25, -0.2) is 0 Å². The van der Waals surface area contributed by atoms with Crippen LogP contribution in [0.3, 0.4) is 0 Å². The van der Waals surface area contributed by atoms with Gasteiger partial charge in [-0.2, -0.15) is 0 Å². The number of para-hydroxylation sites is 1. The quantitative estimate of drug-likeness (QED) is 0.254. The molecule has 1 heterocycles. The van der Waals surface area contributed by atoms with Crippen LogP contribution in [0.1, 0.15) is 41.5 Å². The van der Waals surface area contributed by atoms with Gasteiger partial charge in [0.2, 0.25) is 5.91 Å². The number of hydrogen-bond donors (Lipinski definition) is 2. The number of amides is 1. The Labute approximate surface area is 211 Å². The van der Waals surface area contributed by atoms with Gasteiger partial charge in [-0.15, -0.1) is 0 Å².